The largest absolute Gasteiger partial charge is 0.487 e. The third-order valence-electron chi connectivity index (χ3n) is 5.84. The highest BCUT2D eigenvalue weighted by Gasteiger charge is 2.15. The molecule has 0 fully saturated rings. The van der Waals surface area contributed by atoms with E-state index in [-0.39, 0.29) is 13.0 Å². The molecule has 0 radical (unpaired) electrons. The number of benzene rings is 3. The third-order valence-corrected chi connectivity index (χ3v) is 5.84. The first kappa shape index (κ1) is 22.3. The maximum atomic E-state index is 11.3. The smallest absolute Gasteiger partial charge is 0.307 e. The Hall–Kier alpha value is -4.49. The molecule has 5 rings (SSSR count). The van der Waals surface area contributed by atoms with Crippen LogP contribution in [0, 0.1) is 0 Å². The fourth-order valence-electron chi connectivity index (χ4n) is 4.13. The Bertz CT molecular complexity index is 1500. The lowest BCUT2D eigenvalue weighted by Gasteiger charge is -2.09. The predicted molar refractivity (Wildman–Crippen MR) is 134 cm³/mol. The number of aliphatic carboxylic acids is 1. The van der Waals surface area contributed by atoms with E-state index < -0.39 is 5.97 Å². The summed E-state index contributed by atoms with van der Waals surface area (Å²) in [6.45, 7) is 0.669. The Morgan fingerprint density at radius 1 is 0.943 bits per heavy atom. The van der Waals surface area contributed by atoms with Crippen LogP contribution < -0.4 is 10.5 Å². The highest BCUT2D eigenvalue weighted by atomic mass is 16.5. The van der Waals surface area contributed by atoms with Crippen molar-refractivity contribution in [2.45, 2.75) is 19.6 Å². The molecule has 0 spiro atoms. The summed E-state index contributed by atoms with van der Waals surface area (Å²) in [6, 6.07) is 25.4. The van der Waals surface area contributed by atoms with Crippen molar-refractivity contribution in [2.24, 2.45) is 5.73 Å². The highest BCUT2D eigenvalue weighted by Crippen LogP contribution is 2.30. The number of ether oxygens (including phenoxy) is 1. The Morgan fingerprint density at radius 2 is 1.74 bits per heavy atom. The molecular weight excluding hydrogens is 440 g/mol. The predicted octanol–water partition coefficient (Wildman–Crippen LogP) is 4.75. The number of nitrogens with two attached hydrogens (primary N) is 1. The number of pyridine rings is 1. The van der Waals surface area contributed by atoms with E-state index in [1.54, 1.807) is 30.6 Å². The summed E-state index contributed by atoms with van der Waals surface area (Å²) < 4.78 is 7.97. The second-order valence-corrected chi connectivity index (χ2v) is 8.17. The summed E-state index contributed by atoms with van der Waals surface area (Å²) in [5.41, 5.74) is 12.2. The molecule has 3 aromatic carbocycles. The number of nitrogens with zero attached hydrogens (tertiary/aromatic N) is 3. The van der Waals surface area contributed by atoms with Crippen molar-refractivity contribution in [1.82, 2.24) is 14.8 Å². The topological polar surface area (TPSA) is 103 Å². The summed E-state index contributed by atoms with van der Waals surface area (Å²) in [5.74, 6) is -0.369. The summed E-state index contributed by atoms with van der Waals surface area (Å²) in [5, 5.41) is 15.1. The number of para-hydroxylation sites is 1. The zero-order valence-corrected chi connectivity index (χ0v) is 19.0. The first-order valence-corrected chi connectivity index (χ1v) is 11.3. The van der Waals surface area contributed by atoms with Crippen LogP contribution in [0.4, 0.5) is 0 Å². The van der Waals surface area contributed by atoms with Crippen LogP contribution in [-0.4, -0.2) is 25.8 Å². The molecule has 0 bridgehead atoms. The van der Waals surface area contributed by atoms with Crippen LogP contribution in [0.2, 0.25) is 0 Å². The number of rotatable bonds is 8. The van der Waals surface area contributed by atoms with E-state index in [0.717, 1.165) is 39.0 Å². The van der Waals surface area contributed by atoms with Gasteiger partial charge in [0.05, 0.1) is 17.6 Å². The molecule has 2 aromatic heterocycles. The van der Waals surface area contributed by atoms with E-state index in [1.165, 1.54) is 0 Å². The molecule has 7 nitrogen and oxygen atoms in total. The van der Waals surface area contributed by atoms with Gasteiger partial charge in [-0.2, -0.15) is 5.10 Å². The van der Waals surface area contributed by atoms with Gasteiger partial charge in [0, 0.05) is 29.9 Å². The second kappa shape index (κ2) is 9.79. The lowest BCUT2D eigenvalue weighted by molar-refractivity contribution is -0.136. The van der Waals surface area contributed by atoms with E-state index in [4.69, 9.17) is 15.6 Å². The number of fused-ring (bicyclic) bond motifs is 1. The Morgan fingerprint density at radius 3 is 2.54 bits per heavy atom. The van der Waals surface area contributed by atoms with Gasteiger partial charge in [-0.25, -0.2) is 4.68 Å². The first-order valence-electron chi connectivity index (χ1n) is 11.3. The van der Waals surface area contributed by atoms with Gasteiger partial charge in [-0.3, -0.25) is 9.78 Å². The molecule has 174 valence electrons. The molecule has 7 heteroatoms. The molecule has 0 aliphatic carbocycles. The molecule has 0 amide bonds. The van der Waals surface area contributed by atoms with E-state index >= 15 is 0 Å². The molecule has 0 saturated heterocycles. The summed E-state index contributed by atoms with van der Waals surface area (Å²) in [6.07, 6.45) is 3.35. The molecule has 0 atom stereocenters. The number of carboxylic acid groups (broad SMARTS) is 1. The number of carbonyl (C=O) groups is 1. The molecule has 35 heavy (non-hydrogen) atoms. The zero-order chi connectivity index (χ0) is 24.2. The van der Waals surface area contributed by atoms with Gasteiger partial charge in [0.15, 0.2) is 0 Å². The quantitative estimate of drug-likeness (QED) is 0.343. The van der Waals surface area contributed by atoms with Gasteiger partial charge in [-0.1, -0.05) is 42.5 Å². The fourth-order valence-corrected chi connectivity index (χ4v) is 4.13. The fraction of sp³-hybridized carbons (Fsp3) is 0.107. The molecule has 0 aliphatic heterocycles. The minimum atomic E-state index is -0.905. The third kappa shape index (κ3) is 4.76. The van der Waals surface area contributed by atoms with Crippen molar-refractivity contribution in [3.8, 4) is 22.6 Å². The van der Waals surface area contributed by atoms with Crippen molar-refractivity contribution < 1.29 is 14.6 Å². The molecule has 0 saturated carbocycles. The average molecular weight is 465 g/mol. The summed E-state index contributed by atoms with van der Waals surface area (Å²) >= 11 is 0. The lowest BCUT2D eigenvalue weighted by Crippen LogP contribution is -2.05. The lowest BCUT2D eigenvalue weighted by atomic mass is 10.0. The molecule has 0 aliphatic rings. The van der Waals surface area contributed by atoms with E-state index in [0.29, 0.717) is 17.9 Å². The molecule has 3 N–H and O–H groups in total. The van der Waals surface area contributed by atoms with Gasteiger partial charge in [0.2, 0.25) is 0 Å². The van der Waals surface area contributed by atoms with E-state index in [1.807, 2.05) is 35.0 Å². The number of carboxylic acids is 1. The normalized spacial score (nSPS) is 11.0. The van der Waals surface area contributed by atoms with Crippen LogP contribution in [0.5, 0.6) is 5.75 Å². The van der Waals surface area contributed by atoms with E-state index in [9.17, 15) is 9.90 Å². The van der Waals surface area contributed by atoms with E-state index in [2.05, 4.69) is 35.3 Å². The molecular formula is C28H24N4O3. The van der Waals surface area contributed by atoms with Crippen molar-refractivity contribution in [3.63, 3.8) is 0 Å². The van der Waals surface area contributed by atoms with Gasteiger partial charge < -0.3 is 15.6 Å². The van der Waals surface area contributed by atoms with Crippen molar-refractivity contribution in [1.29, 1.82) is 0 Å². The molecule has 2 heterocycles. The van der Waals surface area contributed by atoms with Gasteiger partial charge in [0.25, 0.3) is 0 Å². The van der Waals surface area contributed by atoms with Crippen LogP contribution in [0.3, 0.4) is 0 Å². The zero-order valence-electron chi connectivity index (χ0n) is 19.0. The number of hydrogen-bond donors (Lipinski definition) is 2. The van der Waals surface area contributed by atoms with Gasteiger partial charge in [-0.05, 0) is 53.1 Å². The first-order chi connectivity index (χ1) is 17.1. The monoisotopic (exact) mass is 464 g/mol. The average Bonchev–Trinajstić information content (AvgIpc) is 3.26. The molecule has 0 unspecified atom stereocenters. The maximum absolute atomic E-state index is 11.3. The maximum Gasteiger partial charge on any atom is 0.307 e. The minimum absolute atomic E-state index is 0.107. The molecule has 5 aromatic rings. The van der Waals surface area contributed by atoms with Gasteiger partial charge in [-0.15, -0.1) is 0 Å². The Kier molecular flexibility index (Phi) is 6.24. The minimum Gasteiger partial charge on any atom is -0.487 e. The summed E-state index contributed by atoms with van der Waals surface area (Å²) in [7, 11) is 0. The van der Waals surface area contributed by atoms with Crippen molar-refractivity contribution in [2.75, 3.05) is 0 Å². The van der Waals surface area contributed by atoms with Crippen LogP contribution >= 0.6 is 0 Å². The highest BCUT2D eigenvalue weighted by molar-refractivity contribution is 5.88. The number of hydrogen-bond acceptors (Lipinski definition) is 5. The Balaban J connectivity index is 1.57. The second-order valence-electron chi connectivity index (χ2n) is 8.17. The summed E-state index contributed by atoms with van der Waals surface area (Å²) in [4.78, 5) is 15.4. The van der Waals surface area contributed by atoms with Crippen LogP contribution in [0.15, 0.2) is 91.3 Å². The Labute approximate surface area is 202 Å². The SMILES string of the molecule is NCc1cccc(-c2ccc3c(c2)c(COc2ccccc2CC(=O)O)nn3-c2ccncc2)c1. The van der Waals surface area contributed by atoms with Gasteiger partial charge >= 0.3 is 5.97 Å². The van der Waals surface area contributed by atoms with Crippen molar-refractivity contribution in [3.05, 3.63) is 108 Å². The van der Waals surface area contributed by atoms with Crippen LogP contribution in [-0.2, 0) is 24.4 Å². The van der Waals surface area contributed by atoms with Crippen molar-refractivity contribution >= 4 is 16.9 Å². The standard InChI is InChI=1S/C28H24N4O3/c29-17-19-4-3-6-20(14-19)21-8-9-26-24(15-21)25(31-32(26)23-10-12-30-13-11-23)18-35-27-7-2-1-5-22(27)16-28(33)34/h1-15H,16-18,29H2,(H,33,34). The van der Waals surface area contributed by atoms with Crippen LogP contribution in [0.1, 0.15) is 16.8 Å². The van der Waals surface area contributed by atoms with Crippen LogP contribution in [0.25, 0.3) is 27.7 Å². The number of aromatic nitrogens is 3. The van der Waals surface area contributed by atoms with Gasteiger partial charge in [0.1, 0.15) is 18.1 Å².